The van der Waals surface area contributed by atoms with Crippen LogP contribution in [0.1, 0.15) is 72.9 Å². The van der Waals surface area contributed by atoms with E-state index < -0.39 is 11.9 Å². The molecule has 2 heterocycles. The second-order valence-corrected chi connectivity index (χ2v) is 9.89. The average Bonchev–Trinajstić information content (AvgIpc) is 3.46. The molecule has 190 valence electrons. The Morgan fingerprint density at radius 3 is 1.21 bits per heavy atom. The smallest absolute Gasteiger partial charge is 0.363 e. The molecular formula is C32H28N2O4. The van der Waals surface area contributed by atoms with Crippen LogP contribution in [0.15, 0.2) is 94.2 Å². The lowest BCUT2D eigenvalue weighted by molar-refractivity contribution is -0.130. The predicted molar refractivity (Wildman–Crippen MR) is 149 cm³/mol. The van der Waals surface area contributed by atoms with Crippen molar-refractivity contribution >= 4 is 35.9 Å². The van der Waals surface area contributed by atoms with Gasteiger partial charge in [0.05, 0.1) is 0 Å². The van der Waals surface area contributed by atoms with E-state index in [9.17, 15) is 9.59 Å². The summed E-state index contributed by atoms with van der Waals surface area (Å²) >= 11 is 0. The van der Waals surface area contributed by atoms with Crippen molar-refractivity contribution < 1.29 is 19.1 Å². The van der Waals surface area contributed by atoms with Crippen LogP contribution in [-0.2, 0) is 19.1 Å². The zero-order valence-electron chi connectivity index (χ0n) is 21.8. The van der Waals surface area contributed by atoms with Gasteiger partial charge in [-0.1, -0.05) is 76.2 Å². The van der Waals surface area contributed by atoms with Crippen LogP contribution in [0.5, 0.6) is 0 Å². The average molecular weight is 505 g/mol. The van der Waals surface area contributed by atoms with Crippen LogP contribution in [0.3, 0.4) is 0 Å². The third-order valence-electron chi connectivity index (χ3n) is 6.43. The third-order valence-corrected chi connectivity index (χ3v) is 6.43. The van der Waals surface area contributed by atoms with Gasteiger partial charge < -0.3 is 9.47 Å². The fraction of sp³-hybridized carbons (Fsp3) is 0.188. The zero-order chi connectivity index (χ0) is 26.8. The molecule has 0 N–H and O–H groups in total. The minimum absolute atomic E-state index is 0.224. The highest BCUT2D eigenvalue weighted by Gasteiger charge is 2.26. The molecule has 0 fully saturated rings. The van der Waals surface area contributed by atoms with Crippen molar-refractivity contribution in [2.75, 3.05) is 0 Å². The fourth-order valence-corrected chi connectivity index (χ4v) is 4.09. The number of aliphatic imine (C=N–C) groups is 2. The van der Waals surface area contributed by atoms with Crippen LogP contribution in [0.4, 0.5) is 0 Å². The van der Waals surface area contributed by atoms with Crippen molar-refractivity contribution in [3.05, 3.63) is 118 Å². The first-order valence-electron chi connectivity index (χ1n) is 12.6. The number of cyclic esters (lactones) is 2. The number of esters is 2. The molecule has 6 heteroatoms. The standard InChI is InChI=1S/C32H28N2O4/c1-19(2)23-9-5-21(6-10-23)17-27-31(35)37-29(33-27)25-13-15-26(16-14-25)30-34-28(32(36)38-30)18-22-7-11-24(12-8-22)20(3)4/h5-20H,1-4H3. The fourth-order valence-electron chi connectivity index (χ4n) is 4.09. The van der Waals surface area contributed by atoms with E-state index in [0.29, 0.717) is 23.0 Å². The van der Waals surface area contributed by atoms with E-state index in [4.69, 9.17) is 9.47 Å². The van der Waals surface area contributed by atoms with Gasteiger partial charge in [-0.3, -0.25) is 0 Å². The first kappa shape index (κ1) is 25.1. The second-order valence-electron chi connectivity index (χ2n) is 9.89. The number of nitrogens with zero attached hydrogens (tertiary/aromatic N) is 2. The van der Waals surface area contributed by atoms with E-state index in [1.54, 1.807) is 36.4 Å². The summed E-state index contributed by atoms with van der Waals surface area (Å²) in [6.07, 6.45) is 3.43. The van der Waals surface area contributed by atoms with Gasteiger partial charge in [0.1, 0.15) is 0 Å². The van der Waals surface area contributed by atoms with Gasteiger partial charge in [0, 0.05) is 11.1 Å². The van der Waals surface area contributed by atoms with Crippen molar-refractivity contribution in [1.29, 1.82) is 0 Å². The summed E-state index contributed by atoms with van der Waals surface area (Å²) in [6, 6.07) is 23.0. The lowest BCUT2D eigenvalue weighted by Crippen LogP contribution is -2.07. The Balaban J connectivity index is 1.32. The second kappa shape index (κ2) is 10.4. The Morgan fingerprint density at radius 2 is 0.895 bits per heavy atom. The highest BCUT2D eigenvalue weighted by atomic mass is 16.6. The van der Waals surface area contributed by atoms with E-state index in [1.807, 2.05) is 48.5 Å². The van der Waals surface area contributed by atoms with Crippen molar-refractivity contribution in [3.63, 3.8) is 0 Å². The number of rotatable bonds is 6. The van der Waals surface area contributed by atoms with Crippen LogP contribution >= 0.6 is 0 Å². The Hall–Kier alpha value is -4.58. The van der Waals surface area contributed by atoms with E-state index in [0.717, 1.165) is 11.1 Å². The Labute approximate surface area is 222 Å². The molecule has 0 atom stereocenters. The maximum atomic E-state index is 12.4. The summed E-state index contributed by atoms with van der Waals surface area (Å²) in [5.41, 5.74) is 5.96. The molecule has 0 unspecified atom stereocenters. The van der Waals surface area contributed by atoms with Gasteiger partial charge in [0.25, 0.3) is 0 Å². The number of hydrogen-bond donors (Lipinski definition) is 0. The number of carbonyl (C=O) groups is 2. The monoisotopic (exact) mass is 504 g/mol. The lowest BCUT2D eigenvalue weighted by Gasteiger charge is -2.04. The maximum absolute atomic E-state index is 12.4. The summed E-state index contributed by atoms with van der Waals surface area (Å²) in [5, 5.41) is 0. The van der Waals surface area contributed by atoms with E-state index >= 15 is 0 Å². The van der Waals surface area contributed by atoms with E-state index in [-0.39, 0.29) is 23.2 Å². The molecule has 0 amide bonds. The number of hydrogen-bond acceptors (Lipinski definition) is 6. The molecule has 0 aromatic heterocycles. The van der Waals surface area contributed by atoms with Crippen LogP contribution in [0.25, 0.3) is 12.2 Å². The third kappa shape index (κ3) is 5.39. The van der Waals surface area contributed by atoms with Crippen molar-refractivity contribution in [2.45, 2.75) is 39.5 Å². The highest BCUT2D eigenvalue weighted by molar-refractivity contribution is 6.14. The first-order valence-corrected chi connectivity index (χ1v) is 12.6. The van der Waals surface area contributed by atoms with E-state index in [1.165, 1.54) is 11.1 Å². The van der Waals surface area contributed by atoms with Gasteiger partial charge in [-0.15, -0.1) is 0 Å². The van der Waals surface area contributed by atoms with Gasteiger partial charge in [-0.25, -0.2) is 19.6 Å². The normalized spacial score (nSPS) is 17.3. The maximum Gasteiger partial charge on any atom is 0.363 e. The van der Waals surface area contributed by atoms with Gasteiger partial charge in [-0.05, 0) is 70.5 Å². The Kier molecular flexibility index (Phi) is 6.88. The Morgan fingerprint density at radius 1 is 0.553 bits per heavy atom. The molecule has 2 aliphatic heterocycles. The minimum Gasteiger partial charge on any atom is -0.402 e. The SMILES string of the molecule is CC(C)c1ccc(C=C2N=C(c3ccc(C4=NC(=Cc5ccc(C(C)C)cc5)C(=O)O4)cc3)OC2=O)cc1. The van der Waals surface area contributed by atoms with Crippen molar-refractivity contribution in [3.8, 4) is 0 Å². The summed E-state index contributed by atoms with van der Waals surface area (Å²) < 4.78 is 10.8. The van der Waals surface area contributed by atoms with Crippen LogP contribution in [-0.4, -0.2) is 23.7 Å². The number of ether oxygens (including phenoxy) is 2. The molecule has 0 aliphatic carbocycles. The van der Waals surface area contributed by atoms with Gasteiger partial charge in [-0.2, -0.15) is 0 Å². The number of carbonyl (C=O) groups excluding carboxylic acids is 2. The zero-order valence-corrected chi connectivity index (χ0v) is 21.8. The largest absolute Gasteiger partial charge is 0.402 e. The summed E-state index contributed by atoms with van der Waals surface area (Å²) in [6.45, 7) is 8.54. The topological polar surface area (TPSA) is 77.3 Å². The summed E-state index contributed by atoms with van der Waals surface area (Å²) in [7, 11) is 0. The first-order chi connectivity index (χ1) is 18.3. The van der Waals surface area contributed by atoms with Gasteiger partial charge in [0.15, 0.2) is 11.4 Å². The Bertz CT molecular complexity index is 1390. The summed E-state index contributed by atoms with van der Waals surface area (Å²) in [5.74, 6) is 0.322. The van der Waals surface area contributed by atoms with Gasteiger partial charge in [0.2, 0.25) is 11.8 Å². The van der Waals surface area contributed by atoms with Crippen molar-refractivity contribution in [1.82, 2.24) is 0 Å². The molecule has 0 radical (unpaired) electrons. The number of benzene rings is 3. The molecule has 3 aromatic carbocycles. The quantitative estimate of drug-likeness (QED) is 0.279. The highest BCUT2D eigenvalue weighted by Crippen LogP contribution is 2.24. The lowest BCUT2D eigenvalue weighted by atomic mass is 10.0. The van der Waals surface area contributed by atoms with Crippen molar-refractivity contribution in [2.24, 2.45) is 9.98 Å². The predicted octanol–water partition coefficient (Wildman–Crippen LogP) is 6.62. The molecule has 0 spiro atoms. The molecule has 38 heavy (non-hydrogen) atoms. The van der Waals surface area contributed by atoms with Gasteiger partial charge >= 0.3 is 11.9 Å². The molecule has 0 saturated heterocycles. The van der Waals surface area contributed by atoms with Crippen LogP contribution in [0.2, 0.25) is 0 Å². The minimum atomic E-state index is -0.498. The molecule has 6 nitrogen and oxygen atoms in total. The van der Waals surface area contributed by atoms with Crippen LogP contribution in [0, 0.1) is 0 Å². The molecular weight excluding hydrogens is 476 g/mol. The summed E-state index contributed by atoms with van der Waals surface area (Å²) in [4.78, 5) is 33.6. The molecule has 0 saturated carbocycles. The molecule has 0 bridgehead atoms. The molecule has 2 aliphatic rings. The molecule has 3 aromatic rings. The molecule has 5 rings (SSSR count). The van der Waals surface area contributed by atoms with Crippen LogP contribution < -0.4 is 0 Å². The van der Waals surface area contributed by atoms with E-state index in [2.05, 4.69) is 37.7 Å².